The summed E-state index contributed by atoms with van der Waals surface area (Å²) in [6.07, 6.45) is 8.67. The molecule has 0 bridgehead atoms. The Labute approximate surface area is 242 Å². The van der Waals surface area contributed by atoms with Gasteiger partial charge in [0, 0.05) is 48.5 Å². The molecule has 4 aromatic heterocycles. The van der Waals surface area contributed by atoms with Crippen LogP contribution in [0.2, 0.25) is 0 Å². The number of hydrogen-bond acceptors (Lipinski definition) is 7. The maximum absolute atomic E-state index is 13.5. The lowest BCUT2D eigenvalue weighted by Gasteiger charge is -2.52. The number of halogens is 3. The number of H-pyrrole nitrogens is 1. The second-order valence-corrected chi connectivity index (χ2v) is 11.6. The molecule has 0 radical (unpaired) electrons. The number of pyridine rings is 1. The number of unbranched alkanes of at least 4 members (excludes halogenated alkanes) is 1. The average molecular weight is 578 g/mol. The van der Waals surface area contributed by atoms with E-state index in [1.54, 1.807) is 12.3 Å². The zero-order valence-corrected chi connectivity index (χ0v) is 23.5. The van der Waals surface area contributed by atoms with Gasteiger partial charge in [-0.2, -0.15) is 23.5 Å². The fourth-order valence-electron chi connectivity index (χ4n) is 6.39. The van der Waals surface area contributed by atoms with Gasteiger partial charge < -0.3 is 15.2 Å². The molecule has 2 aliphatic rings. The third kappa shape index (κ3) is 5.57. The summed E-state index contributed by atoms with van der Waals surface area (Å²) in [5.74, 6) is 0.307. The Hall–Kier alpha value is -3.98. The predicted molar refractivity (Wildman–Crippen MR) is 152 cm³/mol. The van der Waals surface area contributed by atoms with E-state index in [1.807, 2.05) is 30.1 Å². The molecule has 6 rings (SSSR count). The summed E-state index contributed by atoms with van der Waals surface area (Å²) in [6, 6.07) is 7.64. The maximum atomic E-state index is 13.5. The SMILES string of the molecule is CCCCc1cc(NC2CCN(C3CC(CC#N)(n4cc(-c5ncnc6[nH]ccc56)cn4)C3)CC2)nc(C(F)(F)F)c1. The average Bonchev–Trinajstić information content (AvgIpc) is 3.64. The van der Waals surface area contributed by atoms with E-state index in [0.717, 1.165) is 73.9 Å². The van der Waals surface area contributed by atoms with E-state index in [0.29, 0.717) is 30.3 Å². The molecule has 12 heteroatoms. The van der Waals surface area contributed by atoms with Crippen LogP contribution in [0, 0.1) is 11.3 Å². The van der Waals surface area contributed by atoms with E-state index in [4.69, 9.17) is 0 Å². The van der Waals surface area contributed by atoms with Gasteiger partial charge in [-0.1, -0.05) is 13.3 Å². The van der Waals surface area contributed by atoms with E-state index in [2.05, 4.69) is 41.3 Å². The molecule has 1 saturated carbocycles. The Morgan fingerprint density at radius 1 is 1.19 bits per heavy atom. The maximum Gasteiger partial charge on any atom is 0.433 e. The van der Waals surface area contributed by atoms with Gasteiger partial charge in [0.25, 0.3) is 0 Å². The van der Waals surface area contributed by atoms with Crippen molar-refractivity contribution >= 4 is 16.9 Å². The molecular weight excluding hydrogens is 543 g/mol. The Morgan fingerprint density at radius 3 is 2.74 bits per heavy atom. The van der Waals surface area contributed by atoms with Crippen molar-refractivity contribution in [2.24, 2.45) is 0 Å². The smallest absolute Gasteiger partial charge is 0.367 e. The Bertz CT molecular complexity index is 1570. The molecule has 0 atom stereocenters. The number of aryl methyl sites for hydroxylation is 1. The first-order chi connectivity index (χ1) is 20.3. The zero-order valence-electron chi connectivity index (χ0n) is 23.5. The largest absolute Gasteiger partial charge is 0.433 e. The molecule has 2 N–H and O–H groups in total. The number of nitriles is 1. The van der Waals surface area contributed by atoms with Crippen molar-refractivity contribution in [3.8, 4) is 17.3 Å². The first-order valence-corrected chi connectivity index (χ1v) is 14.6. The van der Waals surface area contributed by atoms with E-state index in [1.165, 1.54) is 12.4 Å². The van der Waals surface area contributed by atoms with E-state index < -0.39 is 11.9 Å². The van der Waals surface area contributed by atoms with Crippen molar-refractivity contribution in [3.05, 3.63) is 54.4 Å². The lowest BCUT2D eigenvalue weighted by Crippen LogP contribution is -2.58. The monoisotopic (exact) mass is 577 g/mol. The van der Waals surface area contributed by atoms with Crippen LogP contribution >= 0.6 is 0 Å². The number of rotatable bonds is 9. The van der Waals surface area contributed by atoms with E-state index in [9.17, 15) is 18.4 Å². The number of fused-ring (bicyclic) bond motifs is 1. The van der Waals surface area contributed by atoms with Crippen LogP contribution in [0.4, 0.5) is 19.0 Å². The van der Waals surface area contributed by atoms with Gasteiger partial charge in [0.15, 0.2) is 0 Å². The lowest BCUT2D eigenvalue weighted by atomic mass is 9.69. The van der Waals surface area contributed by atoms with Crippen molar-refractivity contribution in [1.29, 1.82) is 5.26 Å². The third-order valence-corrected chi connectivity index (χ3v) is 8.73. The van der Waals surface area contributed by atoms with E-state index in [-0.39, 0.29) is 11.6 Å². The van der Waals surface area contributed by atoms with Crippen molar-refractivity contribution in [3.63, 3.8) is 0 Å². The van der Waals surface area contributed by atoms with Crippen LogP contribution in [0.15, 0.2) is 43.1 Å². The van der Waals surface area contributed by atoms with Gasteiger partial charge in [0.05, 0.1) is 29.9 Å². The van der Waals surface area contributed by atoms with Crippen molar-refractivity contribution in [2.45, 2.75) is 82.1 Å². The minimum atomic E-state index is -4.47. The Balaban J connectivity index is 1.09. The van der Waals surface area contributed by atoms with Gasteiger partial charge in [-0.15, -0.1) is 0 Å². The van der Waals surface area contributed by atoms with Crippen molar-refractivity contribution < 1.29 is 13.2 Å². The highest BCUT2D eigenvalue weighted by Crippen LogP contribution is 2.45. The molecule has 42 heavy (non-hydrogen) atoms. The molecule has 9 nitrogen and oxygen atoms in total. The quantitative estimate of drug-likeness (QED) is 0.254. The standard InChI is InChI=1S/C30H34F3N9/c1-2-3-4-20-13-25(30(31,32)33)40-26(14-20)39-22-6-11-41(12-7-22)23-15-29(16-23,8-9-34)42-18-21(17-38-42)27-24-5-10-35-28(24)37-19-36-27/h5,10,13-14,17-19,22-23H,2-4,6-8,11-12,15-16H2,1H3,(H,39,40)(H,35,36,37). The number of nitrogens with zero attached hydrogens (tertiary/aromatic N) is 7. The summed E-state index contributed by atoms with van der Waals surface area (Å²) in [5.41, 5.74) is 1.92. The Kier molecular flexibility index (Phi) is 7.62. The van der Waals surface area contributed by atoms with Gasteiger partial charge in [-0.3, -0.25) is 4.68 Å². The van der Waals surface area contributed by atoms with Gasteiger partial charge in [-0.05, 0) is 62.3 Å². The normalized spacial score (nSPS) is 21.7. The fraction of sp³-hybridized carbons (Fsp3) is 0.500. The van der Waals surface area contributed by atoms with Gasteiger partial charge in [0.2, 0.25) is 0 Å². The van der Waals surface area contributed by atoms with Gasteiger partial charge in [0.1, 0.15) is 23.5 Å². The number of aromatic nitrogens is 6. The highest BCUT2D eigenvalue weighted by Gasteiger charge is 2.49. The molecule has 1 aliphatic carbocycles. The molecule has 5 heterocycles. The number of nitrogens with one attached hydrogen (secondary N) is 2. The number of anilines is 1. The molecule has 2 fully saturated rings. The topological polar surface area (TPSA) is 111 Å². The summed E-state index contributed by atoms with van der Waals surface area (Å²) < 4.78 is 42.4. The van der Waals surface area contributed by atoms with Gasteiger partial charge in [-0.25, -0.2) is 15.0 Å². The molecular formula is C30H34F3N9. The summed E-state index contributed by atoms with van der Waals surface area (Å²) in [4.78, 5) is 18.2. The fourth-order valence-corrected chi connectivity index (χ4v) is 6.39. The Morgan fingerprint density at radius 2 is 2.00 bits per heavy atom. The van der Waals surface area contributed by atoms with Gasteiger partial charge >= 0.3 is 6.18 Å². The highest BCUT2D eigenvalue weighted by molar-refractivity contribution is 5.90. The lowest BCUT2D eigenvalue weighted by molar-refractivity contribution is -0.141. The van der Waals surface area contributed by atoms with Crippen LogP contribution in [0.5, 0.6) is 0 Å². The van der Waals surface area contributed by atoms with Crippen molar-refractivity contribution in [2.75, 3.05) is 18.4 Å². The minimum absolute atomic E-state index is 0.0620. The molecule has 220 valence electrons. The number of aromatic amines is 1. The van der Waals surface area contributed by atoms with Crippen LogP contribution in [-0.4, -0.2) is 59.8 Å². The molecule has 0 spiro atoms. The van der Waals surface area contributed by atoms with Crippen LogP contribution in [0.25, 0.3) is 22.3 Å². The molecule has 0 unspecified atom stereocenters. The predicted octanol–water partition coefficient (Wildman–Crippen LogP) is 5.93. The summed E-state index contributed by atoms with van der Waals surface area (Å²) in [7, 11) is 0. The number of piperidine rings is 1. The van der Waals surface area contributed by atoms with Crippen LogP contribution < -0.4 is 5.32 Å². The first-order valence-electron chi connectivity index (χ1n) is 14.6. The number of hydrogen-bond donors (Lipinski definition) is 2. The molecule has 1 aliphatic heterocycles. The summed E-state index contributed by atoms with van der Waals surface area (Å²) in [6.45, 7) is 3.70. The molecule has 1 saturated heterocycles. The molecule has 0 amide bonds. The summed E-state index contributed by atoms with van der Waals surface area (Å²) in [5, 5.41) is 18.5. The summed E-state index contributed by atoms with van der Waals surface area (Å²) >= 11 is 0. The minimum Gasteiger partial charge on any atom is -0.367 e. The van der Waals surface area contributed by atoms with Crippen LogP contribution in [-0.2, 0) is 18.1 Å². The second kappa shape index (κ2) is 11.4. The zero-order chi connectivity index (χ0) is 29.3. The van der Waals surface area contributed by atoms with Crippen molar-refractivity contribution in [1.82, 2.24) is 34.6 Å². The molecule has 0 aromatic carbocycles. The van der Waals surface area contributed by atoms with E-state index >= 15 is 0 Å². The molecule has 4 aromatic rings. The highest BCUT2D eigenvalue weighted by atomic mass is 19.4. The van der Waals surface area contributed by atoms with Crippen LogP contribution in [0.3, 0.4) is 0 Å². The third-order valence-electron chi connectivity index (χ3n) is 8.73. The van der Waals surface area contributed by atoms with Crippen LogP contribution in [0.1, 0.15) is 63.1 Å². The second-order valence-electron chi connectivity index (χ2n) is 11.6. The first kappa shape index (κ1) is 28.2. The number of alkyl halides is 3. The number of likely N-dealkylation sites (tertiary alicyclic amines) is 1.